The van der Waals surface area contributed by atoms with Crippen LogP contribution in [0.1, 0.15) is 47.8 Å². The lowest BCUT2D eigenvalue weighted by atomic mass is 9.91. The highest BCUT2D eigenvalue weighted by molar-refractivity contribution is 5.84. The monoisotopic (exact) mass is 330 g/mol. The third-order valence-electron chi connectivity index (χ3n) is 3.88. The normalized spacial score (nSPS) is 26.2. The molecular formula is C20H22N2O2. The molecule has 1 aliphatic rings. The van der Waals surface area contributed by atoms with Crippen LogP contribution < -0.4 is 0 Å². The molecule has 0 heterocycles. The molecule has 4 nitrogen and oxygen atoms in total. The third kappa shape index (κ3) is 4.02. The highest BCUT2D eigenvalue weighted by Crippen LogP contribution is 2.25. The average molecular weight is 330 g/mol. The summed E-state index contributed by atoms with van der Waals surface area (Å²) in [6.45, 7) is 0. The second-order valence-corrected chi connectivity index (χ2v) is 5.50. The maximum Gasteiger partial charge on any atom is 0.124 e. The van der Waals surface area contributed by atoms with E-state index in [4.69, 9.17) is 11.0 Å². The second kappa shape index (κ2) is 7.77. The number of phenolic OH excluding ortho intramolecular Hbond substituents is 2. The van der Waals surface area contributed by atoms with Crippen molar-refractivity contribution in [2.45, 2.75) is 37.8 Å². The van der Waals surface area contributed by atoms with E-state index in [9.17, 15) is 10.2 Å². The Labute approximate surface area is 153 Å². The molecule has 124 valence electrons. The molecule has 2 atom stereocenters. The third-order valence-corrected chi connectivity index (χ3v) is 3.88. The molecule has 1 aliphatic carbocycles. The molecular weight excluding hydrogens is 300 g/mol. The van der Waals surface area contributed by atoms with E-state index in [1.165, 1.54) is 12.4 Å². The summed E-state index contributed by atoms with van der Waals surface area (Å²) in [5.41, 5.74) is -0.224. The number of rotatable bonds is 4. The van der Waals surface area contributed by atoms with Crippen molar-refractivity contribution in [3.05, 3.63) is 59.5 Å². The molecule has 0 amide bonds. The summed E-state index contributed by atoms with van der Waals surface area (Å²) in [5.74, 6) is -1.17. The summed E-state index contributed by atoms with van der Waals surface area (Å²) in [5, 5.41) is 20.3. The number of nitrogens with zero attached hydrogens (tertiary/aromatic N) is 2. The summed E-state index contributed by atoms with van der Waals surface area (Å²) >= 11 is 0. The van der Waals surface area contributed by atoms with Crippen molar-refractivity contribution in [1.82, 2.24) is 0 Å². The number of benzene rings is 2. The first-order valence-corrected chi connectivity index (χ1v) is 7.71. The standard InChI is InChI=1S/C20H22N2O2/c23-19-11-5-1-7-15(19)13-21-17-9-3-4-10-18(17)22-14-16-8-2-6-12-20(16)24/h1-2,5-8,11-14,17-18,23-24H,3-4,9-10H2/t17-,18-/m1/s1/i1D,2D,5D,6D,7D,8D,11D,12D. The van der Waals surface area contributed by atoms with E-state index in [2.05, 4.69) is 9.98 Å². The van der Waals surface area contributed by atoms with E-state index >= 15 is 0 Å². The highest BCUT2D eigenvalue weighted by Gasteiger charge is 2.23. The fourth-order valence-electron chi connectivity index (χ4n) is 2.60. The summed E-state index contributed by atoms with van der Waals surface area (Å²) in [4.78, 5) is 8.83. The van der Waals surface area contributed by atoms with Crippen LogP contribution in [-0.4, -0.2) is 34.7 Å². The predicted molar refractivity (Wildman–Crippen MR) is 97.4 cm³/mol. The van der Waals surface area contributed by atoms with E-state index in [0.29, 0.717) is 12.8 Å². The van der Waals surface area contributed by atoms with Gasteiger partial charge in [-0.2, -0.15) is 0 Å². The lowest BCUT2D eigenvalue weighted by Gasteiger charge is -2.25. The molecule has 2 aromatic rings. The number of hydrogen-bond acceptors (Lipinski definition) is 4. The first-order chi connectivity index (χ1) is 15.1. The summed E-state index contributed by atoms with van der Waals surface area (Å²) in [7, 11) is 0. The van der Waals surface area contributed by atoms with Crippen LogP contribution in [0.5, 0.6) is 11.5 Å². The van der Waals surface area contributed by atoms with Gasteiger partial charge in [0, 0.05) is 23.6 Å². The Hall–Kier alpha value is -2.62. The van der Waals surface area contributed by atoms with Gasteiger partial charge in [0.25, 0.3) is 0 Å². The van der Waals surface area contributed by atoms with Crippen molar-refractivity contribution < 1.29 is 21.2 Å². The van der Waals surface area contributed by atoms with Crippen LogP contribution in [0.2, 0.25) is 0 Å². The molecule has 0 spiro atoms. The Morgan fingerprint density at radius 2 is 1.21 bits per heavy atom. The van der Waals surface area contributed by atoms with E-state index < -0.39 is 59.8 Å². The summed E-state index contributed by atoms with van der Waals surface area (Å²) < 4.78 is 62.1. The summed E-state index contributed by atoms with van der Waals surface area (Å²) in [6.07, 6.45) is 5.45. The molecule has 0 unspecified atom stereocenters. The molecule has 0 bridgehead atoms. The molecule has 0 radical (unpaired) electrons. The molecule has 1 saturated carbocycles. The Morgan fingerprint density at radius 3 is 1.67 bits per heavy atom. The zero-order valence-electron chi connectivity index (χ0n) is 20.9. The lowest BCUT2D eigenvalue weighted by Crippen LogP contribution is -2.27. The van der Waals surface area contributed by atoms with Gasteiger partial charge in [-0.25, -0.2) is 0 Å². The second-order valence-electron chi connectivity index (χ2n) is 5.50. The van der Waals surface area contributed by atoms with Crippen LogP contribution in [-0.2, 0) is 0 Å². The molecule has 0 saturated heterocycles. The van der Waals surface area contributed by atoms with Gasteiger partial charge >= 0.3 is 0 Å². The highest BCUT2D eigenvalue weighted by atomic mass is 16.3. The van der Waals surface area contributed by atoms with Gasteiger partial charge in [0.15, 0.2) is 0 Å². The van der Waals surface area contributed by atoms with Crippen molar-refractivity contribution in [2.75, 3.05) is 0 Å². The zero-order valence-corrected chi connectivity index (χ0v) is 12.9. The van der Waals surface area contributed by atoms with Crippen molar-refractivity contribution in [3.63, 3.8) is 0 Å². The Balaban J connectivity index is 1.92. The van der Waals surface area contributed by atoms with Crippen LogP contribution >= 0.6 is 0 Å². The van der Waals surface area contributed by atoms with E-state index in [0.717, 1.165) is 12.8 Å². The van der Waals surface area contributed by atoms with Crippen LogP contribution in [0.15, 0.2) is 58.3 Å². The van der Waals surface area contributed by atoms with E-state index in [-0.39, 0.29) is 23.2 Å². The minimum atomic E-state index is -0.583. The maximum atomic E-state index is 10.1. The fourth-order valence-corrected chi connectivity index (χ4v) is 2.60. The minimum absolute atomic E-state index is 0.112. The van der Waals surface area contributed by atoms with Crippen LogP contribution in [0.4, 0.5) is 0 Å². The van der Waals surface area contributed by atoms with Gasteiger partial charge in [0.2, 0.25) is 0 Å². The Kier molecular flexibility index (Phi) is 2.92. The Bertz CT molecular complexity index is 974. The molecule has 4 heteroatoms. The molecule has 2 aromatic carbocycles. The van der Waals surface area contributed by atoms with Gasteiger partial charge in [-0.3, -0.25) is 9.98 Å². The zero-order chi connectivity index (χ0) is 23.7. The van der Waals surface area contributed by atoms with Crippen molar-refractivity contribution in [3.8, 4) is 11.5 Å². The number of aromatic hydroxyl groups is 2. The van der Waals surface area contributed by atoms with E-state index in [1.807, 2.05) is 0 Å². The quantitative estimate of drug-likeness (QED) is 0.834. The number of para-hydroxylation sites is 2. The molecule has 3 rings (SSSR count). The predicted octanol–water partition coefficient (Wildman–Crippen LogP) is 3.95. The molecule has 24 heavy (non-hydrogen) atoms. The summed E-state index contributed by atoms with van der Waals surface area (Å²) in [6, 6.07) is -4.61. The first-order valence-electron chi connectivity index (χ1n) is 11.7. The van der Waals surface area contributed by atoms with Gasteiger partial charge in [-0.1, -0.05) is 37.0 Å². The average Bonchev–Trinajstić information content (AvgIpc) is 2.79. The van der Waals surface area contributed by atoms with Gasteiger partial charge in [-0.15, -0.1) is 0 Å². The van der Waals surface area contributed by atoms with Gasteiger partial charge < -0.3 is 10.2 Å². The van der Waals surface area contributed by atoms with Crippen molar-refractivity contribution in [1.29, 1.82) is 0 Å². The minimum Gasteiger partial charge on any atom is -0.507 e. The van der Waals surface area contributed by atoms with Crippen LogP contribution in [0.25, 0.3) is 0 Å². The van der Waals surface area contributed by atoms with Crippen molar-refractivity contribution in [2.24, 2.45) is 9.98 Å². The van der Waals surface area contributed by atoms with Crippen LogP contribution in [0, 0.1) is 0 Å². The van der Waals surface area contributed by atoms with Gasteiger partial charge in [0.1, 0.15) is 11.5 Å². The molecule has 0 aliphatic heterocycles. The molecule has 0 aromatic heterocycles. The van der Waals surface area contributed by atoms with E-state index in [1.54, 1.807) is 0 Å². The SMILES string of the molecule is [2H]c1c([2H])c([2H])c(C=N[C@@H]2CCCC[C@H]2N=Cc2c([2H])c([2H])c([2H])c([2H])c2O)c(O)c1[2H]. The molecule has 1 fully saturated rings. The lowest BCUT2D eigenvalue weighted by molar-refractivity contribution is 0.390. The smallest absolute Gasteiger partial charge is 0.124 e. The van der Waals surface area contributed by atoms with Crippen LogP contribution in [0.3, 0.4) is 0 Å². The van der Waals surface area contributed by atoms with Gasteiger partial charge in [0.05, 0.1) is 23.0 Å². The molecule has 2 N–H and O–H groups in total. The maximum absolute atomic E-state index is 10.1. The Morgan fingerprint density at radius 1 is 0.792 bits per heavy atom. The fraction of sp³-hybridized carbons (Fsp3) is 0.300. The topological polar surface area (TPSA) is 65.2 Å². The number of aliphatic imine (C=N–C) groups is 2. The number of phenols is 2. The van der Waals surface area contributed by atoms with Crippen molar-refractivity contribution >= 4 is 12.4 Å². The first kappa shape index (κ1) is 9.02. The van der Waals surface area contributed by atoms with Gasteiger partial charge in [-0.05, 0) is 37.0 Å². The largest absolute Gasteiger partial charge is 0.507 e. The number of hydrogen-bond donors (Lipinski definition) is 2.